The number of piperazine rings is 1. The Morgan fingerprint density at radius 2 is 1.61 bits per heavy atom. The van der Waals surface area contributed by atoms with Crippen molar-refractivity contribution in [3.05, 3.63) is 69.3 Å². The molecule has 0 N–H and O–H groups in total. The standard InChI is InChI=1S/C27H29ClN4S/c1-5-22-23(20-11-9-17(2)10-12-20)24-25(29-27(28)30-26(24)33-22)32-15-13-31(14-16-32)21-8-6-7-18(3)19(21)4/h6-12H,5,13-16H2,1-4H3. The molecule has 5 rings (SSSR count). The molecule has 0 radical (unpaired) electrons. The van der Waals surface area contributed by atoms with Gasteiger partial charge >= 0.3 is 0 Å². The maximum Gasteiger partial charge on any atom is 0.225 e. The Labute approximate surface area is 204 Å². The number of fused-ring (bicyclic) bond motifs is 1. The highest BCUT2D eigenvalue weighted by molar-refractivity contribution is 7.19. The quantitative estimate of drug-likeness (QED) is 0.302. The van der Waals surface area contributed by atoms with E-state index in [1.807, 2.05) is 0 Å². The largest absolute Gasteiger partial charge is 0.368 e. The molecule has 0 amide bonds. The van der Waals surface area contributed by atoms with Gasteiger partial charge in [-0.3, -0.25) is 0 Å². The van der Waals surface area contributed by atoms with Crippen molar-refractivity contribution >= 4 is 44.7 Å². The fourth-order valence-corrected chi connectivity index (χ4v) is 6.09. The van der Waals surface area contributed by atoms with Crippen LogP contribution in [0.1, 0.15) is 28.5 Å². The Hall–Kier alpha value is -2.63. The minimum atomic E-state index is 0.328. The van der Waals surface area contributed by atoms with Crippen LogP contribution in [-0.4, -0.2) is 36.1 Å². The van der Waals surface area contributed by atoms with E-state index in [4.69, 9.17) is 16.6 Å². The number of nitrogens with zero attached hydrogens (tertiary/aromatic N) is 4. The predicted octanol–water partition coefficient (Wildman–Crippen LogP) is 6.83. The van der Waals surface area contributed by atoms with Gasteiger partial charge in [-0.25, -0.2) is 4.98 Å². The van der Waals surface area contributed by atoms with Crippen molar-refractivity contribution in [1.29, 1.82) is 0 Å². The molecule has 2 aromatic carbocycles. The third-order valence-corrected chi connectivity index (χ3v) is 8.13. The van der Waals surface area contributed by atoms with Crippen LogP contribution in [0.15, 0.2) is 42.5 Å². The summed E-state index contributed by atoms with van der Waals surface area (Å²) in [6, 6.07) is 15.4. The molecule has 0 aliphatic carbocycles. The van der Waals surface area contributed by atoms with Gasteiger partial charge in [0.05, 0.1) is 5.39 Å². The van der Waals surface area contributed by atoms with Crippen LogP contribution in [0.2, 0.25) is 5.28 Å². The number of hydrogen-bond acceptors (Lipinski definition) is 5. The summed E-state index contributed by atoms with van der Waals surface area (Å²) < 4.78 is 0. The van der Waals surface area contributed by atoms with E-state index < -0.39 is 0 Å². The normalized spacial score (nSPS) is 14.3. The van der Waals surface area contributed by atoms with Gasteiger partial charge < -0.3 is 9.80 Å². The van der Waals surface area contributed by atoms with Crippen molar-refractivity contribution < 1.29 is 0 Å². The Morgan fingerprint density at radius 3 is 2.30 bits per heavy atom. The first-order valence-electron chi connectivity index (χ1n) is 11.6. The van der Waals surface area contributed by atoms with Crippen molar-refractivity contribution in [2.24, 2.45) is 0 Å². The summed E-state index contributed by atoms with van der Waals surface area (Å²) in [6.45, 7) is 12.5. The molecule has 0 saturated carbocycles. The summed E-state index contributed by atoms with van der Waals surface area (Å²) in [5.41, 5.74) is 7.80. The molecule has 170 valence electrons. The zero-order chi connectivity index (χ0) is 23.1. The third kappa shape index (κ3) is 4.09. The molecule has 0 spiro atoms. The summed E-state index contributed by atoms with van der Waals surface area (Å²) in [6.07, 6.45) is 0.960. The fourth-order valence-electron chi connectivity index (χ4n) is 4.74. The number of thiophene rings is 1. The van der Waals surface area contributed by atoms with E-state index in [0.29, 0.717) is 5.28 Å². The minimum absolute atomic E-state index is 0.328. The van der Waals surface area contributed by atoms with Crippen molar-refractivity contribution in [3.8, 4) is 11.1 Å². The van der Waals surface area contributed by atoms with Crippen molar-refractivity contribution in [2.75, 3.05) is 36.0 Å². The lowest BCUT2D eigenvalue weighted by atomic mass is 10.0. The van der Waals surface area contributed by atoms with Gasteiger partial charge in [-0.2, -0.15) is 4.98 Å². The highest BCUT2D eigenvalue weighted by Crippen LogP contribution is 2.43. The summed E-state index contributed by atoms with van der Waals surface area (Å²) >= 11 is 8.17. The van der Waals surface area contributed by atoms with E-state index in [2.05, 4.69) is 84.9 Å². The highest BCUT2D eigenvalue weighted by atomic mass is 35.5. The average molecular weight is 477 g/mol. The SMILES string of the molecule is CCc1sc2nc(Cl)nc(N3CCN(c4cccc(C)c4C)CC3)c2c1-c1ccc(C)cc1. The van der Waals surface area contributed by atoms with Crippen LogP contribution in [0.5, 0.6) is 0 Å². The Bertz CT molecular complexity index is 1300. The number of aromatic nitrogens is 2. The van der Waals surface area contributed by atoms with Crippen LogP contribution in [-0.2, 0) is 6.42 Å². The summed E-state index contributed by atoms with van der Waals surface area (Å²) in [7, 11) is 0. The number of hydrogen-bond donors (Lipinski definition) is 0. The number of anilines is 2. The lowest BCUT2D eigenvalue weighted by Crippen LogP contribution is -2.47. The maximum atomic E-state index is 6.42. The van der Waals surface area contributed by atoms with Crippen molar-refractivity contribution in [1.82, 2.24) is 9.97 Å². The molecular weight excluding hydrogens is 448 g/mol. The van der Waals surface area contributed by atoms with Crippen molar-refractivity contribution in [3.63, 3.8) is 0 Å². The molecule has 0 unspecified atom stereocenters. The van der Waals surface area contributed by atoms with Gasteiger partial charge in [0.1, 0.15) is 10.6 Å². The molecule has 1 fully saturated rings. The molecule has 0 atom stereocenters. The first-order chi connectivity index (χ1) is 16.0. The second-order valence-corrected chi connectivity index (χ2v) is 10.2. The number of halogens is 1. The van der Waals surface area contributed by atoms with Crippen LogP contribution in [0.3, 0.4) is 0 Å². The van der Waals surface area contributed by atoms with Crippen molar-refractivity contribution in [2.45, 2.75) is 34.1 Å². The second kappa shape index (κ2) is 8.96. The van der Waals surface area contributed by atoms with Gasteiger partial charge in [0.15, 0.2) is 0 Å². The van der Waals surface area contributed by atoms with Gasteiger partial charge in [0.2, 0.25) is 5.28 Å². The number of benzene rings is 2. The van der Waals surface area contributed by atoms with Crippen LogP contribution in [0.25, 0.3) is 21.3 Å². The third-order valence-electron chi connectivity index (χ3n) is 6.74. The second-order valence-electron chi connectivity index (χ2n) is 8.81. The molecule has 4 aromatic rings. The molecule has 33 heavy (non-hydrogen) atoms. The zero-order valence-corrected chi connectivity index (χ0v) is 21.2. The molecule has 1 aliphatic heterocycles. The van der Waals surface area contributed by atoms with E-state index in [9.17, 15) is 0 Å². The lowest BCUT2D eigenvalue weighted by Gasteiger charge is -2.38. The molecule has 6 heteroatoms. The summed E-state index contributed by atoms with van der Waals surface area (Å²) in [4.78, 5) is 16.6. The number of aryl methyl sites for hydroxylation is 3. The Kier molecular flexibility index (Phi) is 6.02. The van der Waals surface area contributed by atoms with Gasteiger partial charge in [0.25, 0.3) is 0 Å². The van der Waals surface area contributed by atoms with Crippen LogP contribution in [0.4, 0.5) is 11.5 Å². The Morgan fingerprint density at radius 1 is 0.909 bits per heavy atom. The summed E-state index contributed by atoms with van der Waals surface area (Å²) in [5.74, 6) is 0.970. The van der Waals surface area contributed by atoms with E-state index in [-0.39, 0.29) is 0 Å². The monoisotopic (exact) mass is 476 g/mol. The van der Waals surface area contributed by atoms with Gasteiger partial charge in [-0.05, 0) is 61.5 Å². The van der Waals surface area contributed by atoms with E-state index in [0.717, 1.165) is 48.6 Å². The maximum absolute atomic E-state index is 6.42. The smallest absolute Gasteiger partial charge is 0.225 e. The molecular formula is C27H29ClN4S. The van der Waals surface area contributed by atoms with Gasteiger partial charge in [-0.1, -0.05) is 48.9 Å². The molecule has 3 heterocycles. The first kappa shape index (κ1) is 22.2. The van der Waals surface area contributed by atoms with Gasteiger partial charge in [-0.15, -0.1) is 11.3 Å². The lowest BCUT2D eigenvalue weighted by molar-refractivity contribution is 0.647. The minimum Gasteiger partial charge on any atom is -0.368 e. The fraction of sp³-hybridized carbons (Fsp3) is 0.333. The predicted molar refractivity (Wildman–Crippen MR) is 142 cm³/mol. The molecule has 1 saturated heterocycles. The van der Waals surface area contributed by atoms with Crippen LogP contribution < -0.4 is 9.80 Å². The van der Waals surface area contributed by atoms with E-state index in [1.54, 1.807) is 11.3 Å². The summed E-state index contributed by atoms with van der Waals surface area (Å²) in [5, 5.41) is 1.47. The molecule has 0 bridgehead atoms. The first-order valence-corrected chi connectivity index (χ1v) is 12.8. The average Bonchev–Trinajstić information content (AvgIpc) is 3.19. The highest BCUT2D eigenvalue weighted by Gasteiger charge is 2.26. The zero-order valence-electron chi connectivity index (χ0n) is 19.7. The Balaban J connectivity index is 1.54. The van der Waals surface area contributed by atoms with E-state index >= 15 is 0 Å². The number of rotatable bonds is 4. The van der Waals surface area contributed by atoms with Crippen LogP contribution >= 0.6 is 22.9 Å². The molecule has 1 aliphatic rings. The van der Waals surface area contributed by atoms with Crippen LogP contribution in [0, 0.1) is 20.8 Å². The topological polar surface area (TPSA) is 32.3 Å². The van der Waals surface area contributed by atoms with E-state index in [1.165, 1.54) is 38.4 Å². The molecule has 4 nitrogen and oxygen atoms in total. The van der Waals surface area contributed by atoms with Gasteiger partial charge in [0, 0.05) is 42.3 Å². The molecule has 2 aromatic heterocycles.